The van der Waals surface area contributed by atoms with Crippen LogP contribution in [0.3, 0.4) is 0 Å². The van der Waals surface area contributed by atoms with Crippen LogP contribution in [0.25, 0.3) is 0 Å². The maximum absolute atomic E-state index is 12.1. The van der Waals surface area contributed by atoms with E-state index in [1.165, 1.54) is 11.8 Å². The van der Waals surface area contributed by atoms with Gasteiger partial charge in [-0.2, -0.15) is 0 Å². The van der Waals surface area contributed by atoms with Gasteiger partial charge in [-0.25, -0.2) is 0 Å². The molecule has 6 heteroatoms. The molecule has 6 nitrogen and oxygen atoms in total. The van der Waals surface area contributed by atoms with Crippen LogP contribution in [-0.4, -0.2) is 36.0 Å². The molecule has 1 unspecified atom stereocenters. The first-order chi connectivity index (χ1) is 9.32. The number of nitrogens with one attached hydrogen (secondary N) is 1. The van der Waals surface area contributed by atoms with Crippen molar-refractivity contribution in [2.24, 2.45) is 0 Å². The standard InChI is InChI=1S/C14H18N2O4/c1-9(8-13(18)19)15-14(20)11-6-4-5-7-12(11)16(3)10(2)17/h4-7,9H,8H2,1-3H3,(H,15,20)(H,18,19). The van der Waals surface area contributed by atoms with Crippen LogP contribution in [0.4, 0.5) is 5.69 Å². The number of carboxylic acid groups (broad SMARTS) is 1. The van der Waals surface area contributed by atoms with E-state index in [0.717, 1.165) is 0 Å². The molecule has 108 valence electrons. The van der Waals surface area contributed by atoms with Crippen molar-refractivity contribution in [2.45, 2.75) is 26.3 Å². The topological polar surface area (TPSA) is 86.7 Å². The van der Waals surface area contributed by atoms with Crippen LogP contribution in [0.15, 0.2) is 24.3 Å². The van der Waals surface area contributed by atoms with E-state index >= 15 is 0 Å². The summed E-state index contributed by atoms with van der Waals surface area (Å²) >= 11 is 0. The summed E-state index contributed by atoms with van der Waals surface area (Å²) in [6, 6.07) is 6.19. The number of benzene rings is 1. The summed E-state index contributed by atoms with van der Waals surface area (Å²) in [4.78, 5) is 35.5. The van der Waals surface area contributed by atoms with E-state index in [2.05, 4.69) is 5.32 Å². The second kappa shape index (κ2) is 6.70. The van der Waals surface area contributed by atoms with Gasteiger partial charge in [0.15, 0.2) is 0 Å². The van der Waals surface area contributed by atoms with E-state index < -0.39 is 17.9 Å². The third kappa shape index (κ3) is 4.08. The fourth-order valence-electron chi connectivity index (χ4n) is 1.74. The number of para-hydroxylation sites is 1. The van der Waals surface area contributed by atoms with Crippen molar-refractivity contribution in [1.82, 2.24) is 5.32 Å². The smallest absolute Gasteiger partial charge is 0.305 e. The minimum absolute atomic E-state index is 0.156. The number of carbonyl (C=O) groups is 3. The molecule has 2 amide bonds. The lowest BCUT2D eigenvalue weighted by atomic mass is 10.1. The molecule has 1 atom stereocenters. The average Bonchev–Trinajstić information content (AvgIpc) is 2.36. The van der Waals surface area contributed by atoms with Gasteiger partial charge in [-0.1, -0.05) is 12.1 Å². The third-order valence-electron chi connectivity index (χ3n) is 2.84. The van der Waals surface area contributed by atoms with Gasteiger partial charge in [-0.05, 0) is 19.1 Å². The van der Waals surface area contributed by atoms with E-state index in [1.54, 1.807) is 38.2 Å². The normalized spacial score (nSPS) is 11.6. The summed E-state index contributed by atoms with van der Waals surface area (Å²) in [5.41, 5.74) is 0.822. The van der Waals surface area contributed by atoms with Crippen LogP contribution < -0.4 is 10.2 Å². The van der Waals surface area contributed by atoms with Gasteiger partial charge in [-0.3, -0.25) is 14.4 Å². The SMILES string of the molecule is CC(=O)N(C)c1ccccc1C(=O)NC(C)CC(=O)O. The maximum atomic E-state index is 12.1. The summed E-state index contributed by atoms with van der Waals surface area (Å²) < 4.78 is 0. The van der Waals surface area contributed by atoms with Crippen LogP contribution in [0.2, 0.25) is 0 Å². The minimum Gasteiger partial charge on any atom is -0.481 e. The second-order valence-corrected chi connectivity index (χ2v) is 4.57. The van der Waals surface area contributed by atoms with E-state index in [-0.39, 0.29) is 12.3 Å². The van der Waals surface area contributed by atoms with Gasteiger partial charge < -0.3 is 15.3 Å². The number of amides is 2. The predicted molar refractivity (Wildman–Crippen MR) is 74.7 cm³/mol. The largest absolute Gasteiger partial charge is 0.481 e. The Balaban J connectivity index is 2.93. The number of anilines is 1. The van der Waals surface area contributed by atoms with Crippen molar-refractivity contribution < 1.29 is 19.5 Å². The Labute approximate surface area is 117 Å². The Hall–Kier alpha value is -2.37. The highest BCUT2D eigenvalue weighted by Crippen LogP contribution is 2.19. The first-order valence-corrected chi connectivity index (χ1v) is 6.19. The highest BCUT2D eigenvalue weighted by molar-refractivity contribution is 6.04. The lowest BCUT2D eigenvalue weighted by molar-refractivity contribution is -0.137. The molecule has 2 N–H and O–H groups in total. The number of nitrogens with zero attached hydrogens (tertiary/aromatic N) is 1. The molecule has 0 aromatic heterocycles. The van der Waals surface area contributed by atoms with E-state index in [1.807, 2.05) is 0 Å². The fraction of sp³-hybridized carbons (Fsp3) is 0.357. The van der Waals surface area contributed by atoms with Crippen molar-refractivity contribution in [1.29, 1.82) is 0 Å². The van der Waals surface area contributed by atoms with Gasteiger partial charge in [-0.15, -0.1) is 0 Å². The van der Waals surface area contributed by atoms with Gasteiger partial charge in [0, 0.05) is 20.0 Å². The number of rotatable bonds is 5. The second-order valence-electron chi connectivity index (χ2n) is 4.57. The van der Waals surface area contributed by atoms with Crippen molar-refractivity contribution in [3.8, 4) is 0 Å². The van der Waals surface area contributed by atoms with Gasteiger partial charge in [0.1, 0.15) is 0 Å². The molecular formula is C14H18N2O4. The van der Waals surface area contributed by atoms with Gasteiger partial charge in [0.25, 0.3) is 5.91 Å². The lowest BCUT2D eigenvalue weighted by Crippen LogP contribution is -2.35. The molecular weight excluding hydrogens is 260 g/mol. The Morgan fingerprint density at radius 1 is 1.30 bits per heavy atom. The summed E-state index contributed by atoms with van der Waals surface area (Å²) in [5, 5.41) is 11.3. The van der Waals surface area contributed by atoms with Crippen LogP contribution in [-0.2, 0) is 9.59 Å². The zero-order valence-electron chi connectivity index (χ0n) is 11.7. The summed E-state index contributed by atoms with van der Waals surface area (Å²) in [6.07, 6.45) is -0.156. The van der Waals surface area contributed by atoms with Gasteiger partial charge in [0.05, 0.1) is 17.7 Å². The van der Waals surface area contributed by atoms with E-state index in [9.17, 15) is 14.4 Å². The molecule has 0 radical (unpaired) electrons. The molecule has 0 fully saturated rings. The molecule has 1 aromatic carbocycles. The molecule has 0 aliphatic rings. The number of carboxylic acids is 1. The monoisotopic (exact) mass is 278 g/mol. The summed E-state index contributed by atoms with van der Waals surface area (Å²) in [7, 11) is 1.58. The Kier molecular flexibility index (Phi) is 5.25. The molecule has 0 spiro atoms. The van der Waals surface area contributed by atoms with Crippen molar-refractivity contribution in [3.05, 3.63) is 29.8 Å². The predicted octanol–water partition coefficient (Wildman–Crippen LogP) is 1.26. The highest BCUT2D eigenvalue weighted by Gasteiger charge is 2.18. The molecule has 0 bridgehead atoms. The molecule has 0 aliphatic heterocycles. The van der Waals surface area contributed by atoms with Crippen molar-refractivity contribution >= 4 is 23.5 Å². The van der Waals surface area contributed by atoms with Crippen LogP contribution in [0, 0.1) is 0 Å². The number of hydrogen-bond donors (Lipinski definition) is 2. The van der Waals surface area contributed by atoms with Crippen LogP contribution in [0.1, 0.15) is 30.6 Å². The first-order valence-electron chi connectivity index (χ1n) is 6.19. The average molecular weight is 278 g/mol. The van der Waals surface area contributed by atoms with E-state index in [4.69, 9.17) is 5.11 Å². The molecule has 0 heterocycles. The molecule has 0 saturated heterocycles. The third-order valence-corrected chi connectivity index (χ3v) is 2.84. The maximum Gasteiger partial charge on any atom is 0.305 e. The van der Waals surface area contributed by atoms with E-state index in [0.29, 0.717) is 11.3 Å². The molecule has 1 rings (SSSR count). The zero-order valence-corrected chi connectivity index (χ0v) is 11.7. The Morgan fingerprint density at radius 2 is 1.90 bits per heavy atom. The first kappa shape index (κ1) is 15.7. The van der Waals surface area contributed by atoms with Crippen LogP contribution in [0.5, 0.6) is 0 Å². The molecule has 1 aromatic rings. The number of aliphatic carboxylic acids is 1. The zero-order chi connectivity index (χ0) is 15.3. The van der Waals surface area contributed by atoms with Gasteiger partial charge >= 0.3 is 5.97 Å². The number of hydrogen-bond acceptors (Lipinski definition) is 3. The lowest BCUT2D eigenvalue weighted by Gasteiger charge is -2.19. The van der Waals surface area contributed by atoms with Crippen molar-refractivity contribution in [3.63, 3.8) is 0 Å². The quantitative estimate of drug-likeness (QED) is 0.849. The molecule has 0 saturated carbocycles. The summed E-state index contributed by atoms with van der Waals surface area (Å²) in [5.74, 6) is -1.57. The Bertz CT molecular complexity index is 528. The van der Waals surface area contributed by atoms with Gasteiger partial charge in [0.2, 0.25) is 5.91 Å². The fourth-order valence-corrected chi connectivity index (χ4v) is 1.74. The summed E-state index contributed by atoms with van der Waals surface area (Å²) in [6.45, 7) is 3.02. The number of carbonyl (C=O) groups excluding carboxylic acids is 2. The van der Waals surface area contributed by atoms with Crippen LogP contribution >= 0.6 is 0 Å². The molecule has 20 heavy (non-hydrogen) atoms. The van der Waals surface area contributed by atoms with Crippen molar-refractivity contribution in [2.75, 3.05) is 11.9 Å². The Morgan fingerprint density at radius 3 is 2.45 bits per heavy atom. The molecule has 0 aliphatic carbocycles. The minimum atomic E-state index is -0.980. The highest BCUT2D eigenvalue weighted by atomic mass is 16.4.